The Morgan fingerprint density at radius 3 is 2.82 bits per heavy atom. The maximum atomic E-state index is 5.74. The summed E-state index contributed by atoms with van der Waals surface area (Å²) >= 11 is 0. The lowest BCUT2D eigenvalue weighted by atomic mass is 9.84. The van der Waals surface area contributed by atoms with Crippen molar-refractivity contribution in [3.8, 4) is 0 Å². The number of rotatable bonds is 3. The molecule has 0 saturated carbocycles. The first-order chi connectivity index (χ1) is 8.36. The Morgan fingerprint density at radius 2 is 2.06 bits per heavy atom. The summed E-state index contributed by atoms with van der Waals surface area (Å²) in [5.41, 5.74) is 1.45. The van der Waals surface area contributed by atoms with Crippen molar-refractivity contribution in [2.24, 2.45) is 5.92 Å². The second-order valence-electron chi connectivity index (χ2n) is 5.43. The number of hydrogen-bond acceptors (Lipinski definition) is 2. The number of methoxy groups -OCH3 is 1. The smallest absolute Gasteiger partial charge is 0.0756 e. The van der Waals surface area contributed by atoms with E-state index in [2.05, 4.69) is 35.6 Å². The zero-order valence-electron chi connectivity index (χ0n) is 10.4. The molecule has 2 saturated heterocycles. The summed E-state index contributed by atoms with van der Waals surface area (Å²) in [6.45, 7) is 0. The third kappa shape index (κ3) is 2.24. The Hall–Kier alpha value is -0.860. The van der Waals surface area contributed by atoms with Gasteiger partial charge in [0, 0.05) is 19.2 Å². The molecule has 2 aliphatic heterocycles. The average Bonchev–Trinajstić information content (AvgIpc) is 2.74. The van der Waals surface area contributed by atoms with Crippen LogP contribution in [0.2, 0.25) is 0 Å². The van der Waals surface area contributed by atoms with Crippen LogP contribution in [0.5, 0.6) is 0 Å². The summed E-state index contributed by atoms with van der Waals surface area (Å²) in [6, 6.07) is 12.1. The molecule has 2 aliphatic rings. The number of hydrogen-bond donors (Lipinski definition) is 1. The van der Waals surface area contributed by atoms with E-state index in [4.69, 9.17) is 4.74 Å². The zero-order chi connectivity index (χ0) is 11.7. The fourth-order valence-electron chi connectivity index (χ4n) is 3.60. The summed E-state index contributed by atoms with van der Waals surface area (Å²) < 4.78 is 5.74. The van der Waals surface area contributed by atoms with Gasteiger partial charge >= 0.3 is 0 Å². The Bertz CT molecular complexity index is 364. The summed E-state index contributed by atoms with van der Waals surface area (Å²) in [7, 11) is 1.86. The van der Waals surface area contributed by atoms with E-state index in [0.29, 0.717) is 18.1 Å². The van der Waals surface area contributed by atoms with Crippen LogP contribution in [0.3, 0.4) is 0 Å². The van der Waals surface area contributed by atoms with Crippen LogP contribution in [0.4, 0.5) is 0 Å². The van der Waals surface area contributed by atoms with E-state index in [0.717, 1.165) is 12.5 Å². The van der Waals surface area contributed by atoms with Gasteiger partial charge in [0.1, 0.15) is 0 Å². The molecule has 2 heteroatoms. The molecule has 17 heavy (non-hydrogen) atoms. The highest BCUT2D eigenvalue weighted by molar-refractivity contribution is 5.16. The van der Waals surface area contributed by atoms with Crippen molar-refractivity contribution in [1.29, 1.82) is 0 Å². The molecule has 2 nitrogen and oxygen atoms in total. The molecule has 0 radical (unpaired) electrons. The van der Waals surface area contributed by atoms with Crippen molar-refractivity contribution in [3.05, 3.63) is 35.9 Å². The topological polar surface area (TPSA) is 21.3 Å². The summed E-state index contributed by atoms with van der Waals surface area (Å²) in [6.07, 6.45) is 5.44. The van der Waals surface area contributed by atoms with Crippen molar-refractivity contribution >= 4 is 0 Å². The first-order valence-electron chi connectivity index (χ1n) is 6.69. The number of nitrogens with one attached hydrogen (secondary N) is 1. The number of piperidine rings is 1. The van der Waals surface area contributed by atoms with Gasteiger partial charge in [-0.05, 0) is 37.2 Å². The maximum absolute atomic E-state index is 5.74. The molecule has 0 amide bonds. The molecule has 0 unspecified atom stereocenters. The lowest BCUT2D eigenvalue weighted by Crippen LogP contribution is -2.50. The van der Waals surface area contributed by atoms with Crippen LogP contribution >= 0.6 is 0 Å². The predicted octanol–water partition coefficient (Wildman–Crippen LogP) is 2.38. The quantitative estimate of drug-likeness (QED) is 0.862. The van der Waals surface area contributed by atoms with Crippen molar-refractivity contribution in [2.75, 3.05) is 7.11 Å². The fourth-order valence-corrected chi connectivity index (χ4v) is 3.60. The van der Waals surface area contributed by atoms with Crippen LogP contribution in [-0.4, -0.2) is 25.3 Å². The highest BCUT2D eigenvalue weighted by Crippen LogP contribution is 2.34. The Balaban J connectivity index is 1.73. The van der Waals surface area contributed by atoms with E-state index in [1.807, 2.05) is 7.11 Å². The fraction of sp³-hybridized carbons (Fsp3) is 0.600. The first-order valence-corrected chi connectivity index (χ1v) is 6.69. The molecule has 1 aromatic carbocycles. The van der Waals surface area contributed by atoms with Gasteiger partial charge in [0.25, 0.3) is 0 Å². The molecular weight excluding hydrogens is 210 g/mol. The van der Waals surface area contributed by atoms with Crippen molar-refractivity contribution in [1.82, 2.24) is 5.32 Å². The van der Waals surface area contributed by atoms with E-state index in [9.17, 15) is 0 Å². The van der Waals surface area contributed by atoms with Gasteiger partial charge in [0.15, 0.2) is 0 Å². The molecule has 3 rings (SSSR count). The molecule has 0 spiro atoms. The van der Waals surface area contributed by atoms with Gasteiger partial charge in [-0.25, -0.2) is 0 Å². The molecular formula is C15H21NO. The van der Waals surface area contributed by atoms with Gasteiger partial charge in [0.2, 0.25) is 0 Å². The highest BCUT2D eigenvalue weighted by atomic mass is 16.5. The molecule has 1 aromatic rings. The normalized spacial score (nSPS) is 36.1. The summed E-state index contributed by atoms with van der Waals surface area (Å²) in [5, 5.41) is 3.68. The van der Waals surface area contributed by atoms with Gasteiger partial charge < -0.3 is 10.1 Å². The average molecular weight is 231 g/mol. The third-order valence-electron chi connectivity index (χ3n) is 4.34. The van der Waals surface area contributed by atoms with E-state index >= 15 is 0 Å². The van der Waals surface area contributed by atoms with Gasteiger partial charge in [-0.15, -0.1) is 0 Å². The van der Waals surface area contributed by atoms with Crippen molar-refractivity contribution in [2.45, 2.75) is 43.9 Å². The van der Waals surface area contributed by atoms with Crippen LogP contribution in [0.1, 0.15) is 24.8 Å². The van der Waals surface area contributed by atoms with Gasteiger partial charge in [-0.2, -0.15) is 0 Å². The lowest BCUT2D eigenvalue weighted by molar-refractivity contribution is 0.00552. The summed E-state index contributed by atoms with van der Waals surface area (Å²) in [4.78, 5) is 0. The largest absolute Gasteiger partial charge is 0.380 e. The van der Waals surface area contributed by atoms with E-state index in [-0.39, 0.29) is 0 Å². The van der Waals surface area contributed by atoms with Crippen LogP contribution < -0.4 is 5.32 Å². The molecule has 2 heterocycles. The SMILES string of the molecule is CO[C@H]1[C@@H](Cc2ccccc2)C[C@@H]2CC[C@H]1N2. The number of benzene rings is 1. The Kier molecular flexibility index (Phi) is 3.17. The van der Waals surface area contributed by atoms with E-state index in [1.54, 1.807) is 0 Å². The van der Waals surface area contributed by atoms with Crippen molar-refractivity contribution in [3.63, 3.8) is 0 Å². The van der Waals surface area contributed by atoms with E-state index < -0.39 is 0 Å². The molecule has 0 aliphatic carbocycles. The predicted molar refractivity (Wildman–Crippen MR) is 69.0 cm³/mol. The van der Waals surface area contributed by atoms with Gasteiger partial charge in [-0.1, -0.05) is 30.3 Å². The Morgan fingerprint density at radius 1 is 1.24 bits per heavy atom. The third-order valence-corrected chi connectivity index (χ3v) is 4.34. The van der Waals surface area contributed by atoms with E-state index in [1.165, 1.54) is 24.8 Å². The maximum Gasteiger partial charge on any atom is 0.0756 e. The van der Waals surface area contributed by atoms with Gasteiger partial charge in [-0.3, -0.25) is 0 Å². The minimum absolute atomic E-state index is 0.397. The van der Waals surface area contributed by atoms with Crippen LogP contribution in [-0.2, 0) is 11.2 Å². The van der Waals surface area contributed by atoms with Crippen LogP contribution in [0, 0.1) is 5.92 Å². The molecule has 4 atom stereocenters. The molecule has 2 bridgehead atoms. The van der Waals surface area contributed by atoms with Crippen LogP contribution in [0.25, 0.3) is 0 Å². The zero-order valence-corrected chi connectivity index (χ0v) is 10.4. The first kappa shape index (κ1) is 11.2. The van der Waals surface area contributed by atoms with Crippen molar-refractivity contribution < 1.29 is 4.74 Å². The minimum atomic E-state index is 0.397. The number of fused-ring (bicyclic) bond motifs is 2. The highest BCUT2D eigenvalue weighted by Gasteiger charge is 2.41. The molecule has 1 N–H and O–H groups in total. The monoisotopic (exact) mass is 231 g/mol. The molecule has 0 aromatic heterocycles. The standard InChI is InChI=1S/C15H21NO/c1-17-15-12(9-11-5-3-2-4-6-11)10-13-7-8-14(15)16-13/h2-6,12-16H,7-10H2,1H3/t12-,13-,14+,15-/m0/s1. The minimum Gasteiger partial charge on any atom is -0.380 e. The lowest BCUT2D eigenvalue weighted by Gasteiger charge is -2.36. The van der Waals surface area contributed by atoms with Crippen LogP contribution in [0.15, 0.2) is 30.3 Å². The van der Waals surface area contributed by atoms with Gasteiger partial charge in [0.05, 0.1) is 6.10 Å². The molecule has 2 fully saturated rings. The second-order valence-corrected chi connectivity index (χ2v) is 5.43. The number of ether oxygens (including phenoxy) is 1. The molecule has 92 valence electrons. The summed E-state index contributed by atoms with van der Waals surface area (Å²) in [5.74, 6) is 0.682. The second kappa shape index (κ2) is 4.79. The Labute approximate surface area is 103 Å².